The Kier molecular flexibility index (Phi) is 5.56. The maximum atomic E-state index is 12.7. The summed E-state index contributed by atoms with van der Waals surface area (Å²) in [5, 5.41) is 7.73. The molecule has 4 aromatic rings. The first-order valence-electron chi connectivity index (χ1n) is 10.2. The molecule has 0 radical (unpaired) electrons. The number of rotatable bonds is 6. The lowest BCUT2D eigenvalue weighted by Gasteiger charge is -2.13. The molecule has 8 heteroatoms. The van der Waals surface area contributed by atoms with Crippen LogP contribution in [-0.4, -0.2) is 38.3 Å². The minimum absolute atomic E-state index is 0.139. The van der Waals surface area contributed by atoms with Crippen molar-refractivity contribution in [2.45, 2.75) is 19.1 Å². The van der Waals surface area contributed by atoms with Crippen molar-refractivity contribution in [1.29, 1.82) is 0 Å². The fourth-order valence-electron chi connectivity index (χ4n) is 3.82. The molecule has 5 rings (SSSR count). The number of hydrogen-bond donors (Lipinski definition) is 1. The maximum Gasteiger partial charge on any atom is 0.251 e. The number of aromatic nitrogens is 4. The van der Waals surface area contributed by atoms with Crippen molar-refractivity contribution >= 4 is 17.5 Å². The Morgan fingerprint density at radius 3 is 2.84 bits per heavy atom. The van der Waals surface area contributed by atoms with Gasteiger partial charge in [0.2, 0.25) is 0 Å². The molecule has 1 amide bonds. The summed E-state index contributed by atoms with van der Waals surface area (Å²) in [4.78, 5) is 20.8. The number of carbonyl (C=O) groups is 1. The van der Waals surface area contributed by atoms with E-state index >= 15 is 0 Å². The van der Waals surface area contributed by atoms with Crippen LogP contribution >= 0.6 is 11.6 Å². The lowest BCUT2D eigenvalue weighted by molar-refractivity contribution is 0.0933. The number of benzene rings is 2. The fraction of sp³-hybridized carbons (Fsp3) is 0.167. The van der Waals surface area contributed by atoms with E-state index in [2.05, 4.69) is 20.4 Å². The van der Waals surface area contributed by atoms with E-state index in [9.17, 15) is 4.79 Å². The zero-order valence-corrected chi connectivity index (χ0v) is 17.9. The molecule has 2 aromatic heterocycles. The SMILES string of the molecule is O=C(NC[C@H]1Cc2cc(-c3cncnc3)cc(Cl)c2O1)c1cccc(Cn2cccn2)c1. The van der Waals surface area contributed by atoms with E-state index in [1.807, 2.05) is 47.3 Å². The Balaban J connectivity index is 1.23. The highest BCUT2D eigenvalue weighted by Gasteiger charge is 2.26. The lowest BCUT2D eigenvalue weighted by atomic mass is 10.0. The third-order valence-electron chi connectivity index (χ3n) is 5.33. The van der Waals surface area contributed by atoms with E-state index in [-0.39, 0.29) is 12.0 Å². The molecule has 2 aromatic carbocycles. The fourth-order valence-corrected chi connectivity index (χ4v) is 4.10. The summed E-state index contributed by atoms with van der Waals surface area (Å²) in [5.41, 5.74) is 4.46. The van der Waals surface area contributed by atoms with Crippen LogP contribution in [0.5, 0.6) is 5.75 Å². The van der Waals surface area contributed by atoms with Crippen LogP contribution in [0.3, 0.4) is 0 Å². The number of amides is 1. The predicted molar refractivity (Wildman–Crippen MR) is 121 cm³/mol. The molecule has 0 unspecified atom stereocenters. The second kappa shape index (κ2) is 8.80. The van der Waals surface area contributed by atoms with Gasteiger partial charge >= 0.3 is 0 Å². The Bertz CT molecular complexity index is 1240. The van der Waals surface area contributed by atoms with Gasteiger partial charge in [0.15, 0.2) is 0 Å². The van der Waals surface area contributed by atoms with E-state index in [0.29, 0.717) is 35.8 Å². The maximum absolute atomic E-state index is 12.7. The molecule has 1 atom stereocenters. The van der Waals surface area contributed by atoms with E-state index in [1.165, 1.54) is 6.33 Å². The summed E-state index contributed by atoms with van der Waals surface area (Å²) in [5.74, 6) is 0.535. The van der Waals surface area contributed by atoms with E-state index in [4.69, 9.17) is 16.3 Å². The van der Waals surface area contributed by atoms with Gasteiger partial charge in [0.05, 0.1) is 18.1 Å². The van der Waals surface area contributed by atoms with Crippen LogP contribution in [0, 0.1) is 0 Å². The second-order valence-electron chi connectivity index (χ2n) is 7.63. The van der Waals surface area contributed by atoms with Gasteiger partial charge in [-0.15, -0.1) is 0 Å². The molecule has 160 valence electrons. The predicted octanol–water partition coefficient (Wildman–Crippen LogP) is 3.78. The minimum Gasteiger partial charge on any atom is -0.486 e. The first-order chi connectivity index (χ1) is 15.7. The summed E-state index contributed by atoms with van der Waals surface area (Å²) in [6.45, 7) is 0.999. The standard InChI is InChI=1S/C24H20ClN5O2/c25-22-10-18(20-11-26-15-27-12-20)8-19-9-21(32-23(19)22)13-28-24(31)17-4-1-3-16(7-17)14-30-6-2-5-29-30/h1-8,10-12,15,21H,9,13-14H2,(H,28,31)/t21-/m1/s1. The normalized spacial score (nSPS) is 14.6. The van der Waals surface area contributed by atoms with E-state index in [1.54, 1.807) is 24.7 Å². The highest BCUT2D eigenvalue weighted by molar-refractivity contribution is 6.32. The molecule has 0 bridgehead atoms. The summed E-state index contributed by atoms with van der Waals surface area (Å²) < 4.78 is 7.84. The Morgan fingerprint density at radius 1 is 1.16 bits per heavy atom. The van der Waals surface area contributed by atoms with Gasteiger partial charge in [-0.25, -0.2) is 9.97 Å². The Labute approximate surface area is 190 Å². The molecule has 0 saturated heterocycles. The number of hydrogen-bond acceptors (Lipinski definition) is 5. The highest BCUT2D eigenvalue weighted by atomic mass is 35.5. The molecule has 0 saturated carbocycles. The van der Waals surface area contributed by atoms with Crippen molar-refractivity contribution in [1.82, 2.24) is 25.1 Å². The Morgan fingerprint density at radius 2 is 2.03 bits per heavy atom. The van der Waals surface area contributed by atoms with Gasteiger partial charge in [0.1, 0.15) is 18.2 Å². The summed E-state index contributed by atoms with van der Waals surface area (Å²) in [6, 6.07) is 13.3. The summed E-state index contributed by atoms with van der Waals surface area (Å²) >= 11 is 6.46. The van der Waals surface area contributed by atoms with Gasteiger partial charge < -0.3 is 10.1 Å². The van der Waals surface area contributed by atoms with E-state index in [0.717, 1.165) is 22.3 Å². The largest absolute Gasteiger partial charge is 0.486 e. The minimum atomic E-state index is -0.180. The third-order valence-corrected chi connectivity index (χ3v) is 5.61. The first-order valence-corrected chi connectivity index (χ1v) is 10.6. The van der Waals surface area contributed by atoms with Gasteiger partial charge in [-0.1, -0.05) is 23.7 Å². The van der Waals surface area contributed by atoms with Crippen LogP contribution in [0.2, 0.25) is 5.02 Å². The van der Waals surface area contributed by atoms with Gasteiger partial charge in [0.25, 0.3) is 5.91 Å². The monoisotopic (exact) mass is 445 g/mol. The second-order valence-corrected chi connectivity index (χ2v) is 8.04. The molecular formula is C24H20ClN5O2. The molecule has 0 aliphatic carbocycles. The van der Waals surface area contributed by atoms with Crippen molar-refractivity contribution < 1.29 is 9.53 Å². The van der Waals surface area contributed by atoms with Crippen molar-refractivity contribution in [3.8, 4) is 16.9 Å². The average Bonchev–Trinajstić information content (AvgIpc) is 3.48. The van der Waals surface area contributed by atoms with Crippen molar-refractivity contribution in [2.24, 2.45) is 0 Å². The van der Waals surface area contributed by atoms with Crippen LogP contribution in [-0.2, 0) is 13.0 Å². The van der Waals surface area contributed by atoms with E-state index < -0.39 is 0 Å². The molecule has 0 spiro atoms. The van der Waals surface area contributed by atoms with Crippen molar-refractivity contribution in [2.75, 3.05) is 6.54 Å². The third kappa shape index (κ3) is 4.33. The van der Waals surface area contributed by atoms with Crippen molar-refractivity contribution in [3.63, 3.8) is 0 Å². The van der Waals surface area contributed by atoms with Gasteiger partial charge in [-0.05, 0) is 41.5 Å². The molecule has 32 heavy (non-hydrogen) atoms. The van der Waals surface area contributed by atoms with Gasteiger partial charge in [0, 0.05) is 47.9 Å². The van der Waals surface area contributed by atoms with Crippen molar-refractivity contribution in [3.05, 3.63) is 95.3 Å². The lowest BCUT2D eigenvalue weighted by Crippen LogP contribution is -2.34. The smallest absolute Gasteiger partial charge is 0.251 e. The topological polar surface area (TPSA) is 81.9 Å². The van der Waals surface area contributed by atoms with Crippen LogP contribution < -0.4 is 10.1 Å². The summed E-state index contributed by atoms with van der Waals surface area (Å²) in [6.07, 6.45) is 9.10. The van der Waals surface area contributed by atoms with Gasteiger partial charge in [-0.3, -0.25) is 9.48 Å². The zero-order valence-electron chi connectivity index (χ0n) is 17.1. The molecule has 7 nitrogen and oxygen atoms in total. The number of ether oxygens (including phenoxy) is 1. The number of nitrogens with zero attached hydrogens (tertiary/aromatic N) is 4. The molecule has 3 heterocycles. The first kappa shape index (κ1) is 20.2. The molecule has 1 aliphatic heterocycles. The molecular weight excluding hydrogens is 426 g/mol. The number of nitrogens with one attached hydrogen (secondary N) is 1. The van der Waals surface area contributed by atoms with Crippen LogP contribution in [0.25, 0.3) is 11.1 Å². The van der Waals surface area contributed by atoms with Crippen LogP contribution in [0.4, 0.5) is 0 Å². The number of carbonyl (C=O) groups excluding carboxylic acids is 1. The van der Waals surface area contributed by atoms with Crippen LogP contribution in [0.1, 0.15) is 21.5 Å². The molecule has 1 aliphatic rings. The molecule has 1 N–H and O–H groups in total. The zero-order chi connectivity index (χ0) is 21.9. The number of fused-ring (bicyclic) bond motifs is 1. The average molecular weight is 446 g/mol. The van der Waals surface area contributed by atoms with Gasteiger partial charge in [-0.2, -0.15) is 5.10 Å². The summed E-state index contributed by atoms with van der Waals surface area (Å²) in [7, 11) is 0. The Hall–Kier alpha value is -3.71. The number of halogens is 1. The quantitative estimate of drug-likeness (QED) is 0.488. The highest BCUT2D eigenvalue weighted by Crippen LogP contribution is 2.39. The van der Waals surface area contributed by atoms with Crippen LogP contribution in [0.15, 0.2) is 73.6 Å². The molecule has 0 fully saturated rings.